The van der Waals surface area contributed by atoms with Gasteiger partial charge in [-0.3, -0.25) is 4.98 Å². The molecule has 0 radical (unpaired) electrons. The summed E-state index contributed by atoms with van der Waals surface area (Å²) in [6, 6.07) is 3.79. The number of hydrogen-bond acceptors (Lipinski definition) is 5. The van der Waals surface area contributed by atoms with Gasteiger partial charge in [0.1, 0.15) is 0 Å². The fourth-order valence-electron chi connectivity index (χ4n) is 2.19. The van der Waals surface area contributed by atoms with E-state index in [4.69, 9.17) is 14.2 Å². The summed E-state index contributed by atoms with van der Waals surface area (Å²) in [5, 5.41) is 4.29. The largest absolute Gasteiger partial charge is 0.493 e. The van der Waals surface area contributed by atoms with E-state index < -0.39 is 0 Å². The summed E-state index contributed by atoms with van der Waals surface area (Å²) < 4.78 is 16.3. The molecule has 0 aliphatic carbocycles. The van der Waals surface area contributed by atoms with Crippen LogP contribution < -0.4 is 19.5 Å². The SMILES string of the molecule is CCCNc1ccnc2cc(OC)c(OC)c(OC)c12. The topological polar surface area (TPSA) is 52.6 Å². The molecule has 0 saturated carbocycles. The van der Waals surface area contributed by atoms with E-state index in [0.717, 1.165) is 29.6 Å². The Hall–Kier alpha value is -2.17. The molecule has 0 bridgehead atoms. The monoisotopic (exact) mass is 276 g/mol. The highest BCUT2D eigenvalue weighted by Crippen LogP contribution is 2.45. The van der Waals surface area contributed by atoms with Crippen LogP contribution in [0.4, 0.5) is 5.69 Å². The maximum absolute atomic E-state index is 5.53. The number of pyridine rings is 1. The second-order valence-corrected chi connectivity index (χ2v) is 4.32. The first-order valence-corrected chi connectivity index (χ1v) is 6.58. The van der Waals surface area contributed by atoms with E-state index in [0.29, 0.717) is 17.2 Å². The minimum absolute atomic E-state index is 0.579. The van der Waals surface area contributed by atoms with E-state index in [1.54, 1.807) is 27.5 Å². The summed E-state index contributed by atoms with van der Waals surface area (Å²) in [6.07, 6.45) is 2.81. The Kier molecular flexibility index (Phi) is 4.50. The molecule has 0 unspecified atom stereocenters. The molecule has 1 aromatic heterocycles. The van der Waals surface area contributed by atoms with Gasteiger partial charge in [0.25, 0.3) is 0 Å². The van der Waals surface area contributed by atoms with Crippen molar-refractivity contribution in [2.45, 2.75) is 13.3 Å². The number of ether oxygens (including phenoxy) is 3. The number of rotatable bonds is 6. The van der Waals surface area contributed by atoms with E-state index in [9.17, 15) is 0 Å². The zero-order chi connectivity index (χ0) is 14.5. The van der Waals surface area contributed by atoms with Gasteiger partial charge in [-0.25, -0.2) is 0 Å². The maximum atomic E-state index is 5.53. The number of nitrogens with one attached hydrogen (secondary N) is 1. The van der Waals surface area contributed by atoms with Crippen LogP contribution >= 0.6 is 0 Å². The molecule has 2 aromatic rings. The van der Waals surface area contributed by atoms with Gasteiger partial charge in [0, 0.05) is 24.5 Å². The van der Waals surface area contributed by atoms with Crippen molar-refractivity contribution in [1.82, 2.24) is 4.98 Å². The van der Waals surface area contributed by atoms with Crippen molar-refractivity contribution in [3.63, 3.8) is 0 Å². The van der Waals surface area contributed by atoms with Crippen molar-refractivity contribution >= 4 is 16.6 Å². The number of fused-ring (bicyclic) bond motifs is 1. The third kappa shape index (κ3) is 2.43. The molecule has 5 heteroatoms. The van der Waals surface area contributed by atoms with E-state index >= 15 is 0 Å². The van der Waals surface area contributed by atoms with Gasteiger partial charge in [-0.1, -0.05) is 6.92 Å². The zero-order valence-electron chi connectivity index (χ0n) is 12.3. The molecule has 0 saturated heterocycles. The Bertz CT molecular complexity index is 599. The maximum Gasteiger partial charge on any atom is 0.204 e. The van der Waals surface area contributed by atoms with E-state index in [1.807, 2.05) is 12.1 Å². The van der Waals surface area contributed by atoms with Crippen molar-refractivity contribution in [2.75, 3.05) is 33.2 Å². The summed E-state index contributed by atoms with van der Waals surface area (Å²) in [5.74, 6) is 1.82. The van der Waals surface area contributed by atoms with Crippen LogP contribution in [0.25, 0.3) is 10.9 Å². The van der Waals surface area contributed by atoms with Gasteiger partial charge in [0.15, 0.2) is 11.5 Å². The van der Waals surface area contributed by atoms with Crippen LogP contribution in [0, 0.1) is 0 Å². The molecule has 0 spiro atoms. The van der Waals surface area contributed by atoms with Crippen molar-refractivity contribution in [1.29, 1.82) is 0 Å². The Labute approximate surface area is 118 Å². The number of nitrogens with zero attached hydrogens (tertiary/aromatic N) is 1. The van der Waals surface area contributed by atoms with Gasteiger partial charge >= 0.3 is 0 Å². The molecule has 2 rings (SSSR count). The zero-order valence-corrected chi connectivity index (χ0v) is 12.3. The van der Waals surface area contributed by atoms with Gasteiger partial charge in [-0.15, -0.1) is 0 Å². The highest BCUT2D eigenvalue weighted by Gasteiger charge is 2.18. The predicted octanol–water partition coefficient (Wildman–Crippen LogP) is 3.08. The molecule has 20 heavy (non-hydrogen) atoms. The van der Waals surface area contributed by atoms with Crippen LogP contribution in [0.3, 0.4) is 0 Å². The molecule has 0 aliphatic heterocycles. The Morgan fingerprint density at radius 1 is 1.10 bits per heavy atom. The first-order valence-electron chi connectivity index (χ1n) is 6.58. The summed E-state index contributed by atoms with van der Waals surface area (Å²) in [5.41, 5.74) is 1.79. The Balaban J connectivity index is 2.72. The Morgan fingerprint density at radius 2 is 1.85 bits per heavy atom. The number of aromatic nitrogens is 1. The van der Waals surface area contributed by atoms with Crippen molar-refractivity contribution in [3.05, 3.63) is 18.3 Å². The molecule has 0 amide bonds. The minimum Gasteiger partial charge on any atom is -0.493 e. The molecule has 0 atom stereocenters. The highest BCUT2D eigenvalue weighted by molar-refractivity contribution is 5.99. The van der Waals surface area contributed by atoms with E-state index in [-0.39, 0.29) is 0 Å². The smallest absolute Gasteiger partial charge is 0.204 e. The number of hydrogen-bond donors (Lipinski definition) is 1. The van der Waals surface area contributed by atoms with Crippen LogP contribution in [0.1, 0.15) is 13.3 Å². The minimum atomic E-state index is 0.579. The van der Waals surface area contributed by atoms with Crippen LogP contribution in [0.2, 0.25) is 0 Å². The molecule has 0 aliphatic rings. The Morgan fingerprint density at radius 3 is 2.45 bits per heavy atom. The second kappa shape index (κ2) is 6.32. The summed E-state index contributed by atoms with van der Waals surface area (Å²) in [6.45, 7) is 3.01. The summed E-state index contributed by atoms with van der Waals surface area (Å²) in [4.78, 5) is 4.39. The molecule has 108 valence electrons. The molecular formula is C15H20N2O3. The van der Waals surface area contributed by atoms with Gasteiger partial charge in [0.2, 0.25) is 5.75 Å². The number of methoxy groups -OCH3 is 3. The molecule has 1 aromatic carbocycles. The summed E-state index contributed by atoms with van der Waals surface area (Å²) in [7, 11) is 4.82. The summed E-state index contributed by atoms with van der Waals surface area (Å²) >= 11 is 0. The molecule has 5 nitrogen and oxygen atoms in total. The highest BCUT2D eigenvalue weighted by atomic mass is 16.5. The quantitative estimate of drug-likeness (QED) is 0.878. The first-order chi connectivity index (χ1) is 9.76. The van der Waals surface area contributed by atoms with Crippen molar-refractivity contribution in [2.24, 2.45) is 0 Å². The van der Waals surface area contributed by atoms with Crippen LogP contribution in [0.15, 0.2) is 18.3 Å². The lowest BCUT2D eigenvalue weighted by Crippen LogP contribution is -2.03. The fourth-order valence-corrected chi connectivity index (χ4v) is 2.19. The first kappa shape index (κ1) is 14.2. The normalized spacial score (nSPS) is 10.4. The lowest BCUT2D eigenvalue weighted by Gasteiger charge is -2.17. The molecular weight excluding hydrogens is 256 g/mol. The fraction of sp³-hybridized carbons (Fsp3) is 0.400. The molecule has 0 fully saturated rings. The number of benzene rings is 1. The van der Waals surface area contributed by atoms with Crippen LogP contribution in [0.5, 0.6) is 17.2 Å². The predicted molar refractivity (Wildman–Crippen MR) is 80.2 cm³/mol. The van der Waals surface area contributed by atoms with Crippen molar-refractivity contribution in [3.8, 4) is 17.2 Å². The van der Waals surface area contributed by atoms with Crippen LogP contribution in [-0.4, -0.2) is 32.9 Å². The van der Waals surface area contributed by atoms with Gasteiger partial charge < -0.3 is 19.5 Å². The second-order valence-electron chi connectivity index (χ2n) is 4.32. The van der Waals surface area contributed by atoms with Gasteiger partial charge in [0.05, 0.1) is 32.2 Å². The average molecular weight is 276 g/mol. The molecule has 1 heterocycles. The lowest BCUT2D eigenvalue weighted by molar-refractivity contribution is 0.327. The van der Waals surface area contributed by atoms with Gasteiger partial charge in [-0.05, 0) is 12.5 Å². The third-order valence-corrected chi connectivity index (χ3v) is 3.10. The van der Waals surface area contributed by atoms with Gasteiger partial charge in [-0.2, -0.15) is 0 Å². The van der Waals surface area contributed by atoms with E-state index in [1.165, 1.54) is 0 Å². The third-order valence-electron chi connectivity index (χ3n) is 3.10. The number of anilines is 1. The van der Waals surface area contributed by atoms with Crippen LogP contribution in [-0.2, 0) is 0 Å². The van der Waals surface area contributed by atoms with E-state index in [2.05, 4.69) is 17.2 Å². The van der Waals surface area contributed by atoms with Crippen molar-refractivity contribution < 1.29 is 14.2 Å². The standard InChI is InChI=1S/C15H20N2O3/c1-5-7-16-10-6-8-17-11-9-12(18-2)14(19-3)15(20-4)13(10)11/h6,8-9H,5,7H2,1-4H3,(H,16,17). The lowest BCUT2D eigenvalue weighted by atomic mass is 10.1. The average Bonchev–Trinajstić information content (AvgIpc) is 2.50. The molecule has 1 N–H and O–H groups in total.